The summed E-state index contributed by atoms with van der Waals surface area (Å²) in [6.45, 7) is 0. The second kappa shape index (κ2) is 4.07. The van der Waals surface area contributed by atoms with Gasteiger partial charge in [0.1, 0.15) is 5.82 Å². The maximum absolute atomic E-state index is 11.1. The van der Waals surface area contributed by atoms with Crippen molar-refractivity contribution < 1.29 is 9.90 Å². The normalized spacial score (nSPS) is 19.9. The average Bonchev–Trinajstić information content (AvgIpc) is 2.96. The topological polar surface area (TPSA) is 54.6 Å². The molecule has 1 saturated heterocycles. The zero-order valence-electron chi connectivity index (χ0n) is 9.17. The van der Waals surface area contributed by atoms with Crippen LogP contribution >= 0.6 is 11.8 Å². The summed E-state index contributed by atoms with van der Waals surface area (Å²) in [6.07, 6.45) is 4.69. The first-order valence-corrected chi connectivity index (χ1v) is 6.70. The van der Waals surface area contributed by atoms with Gasteiger partial charge >= 0.3 is 5.97 Å². The van der Waals surface area contributed by atoms with E-state index in [9.17, 15) is 4.79 Å². The third kappa shape index (κ3) is 1.70. The smallest absolute Gasteiger partial charge is 0.337 e. The second-order valence-corrected chi connectivity index (χ2v) is 5.31. The molecule has 1 fully saturated rings. The summed E-state index contributed by atoms with van der Waals surface area (Å²) in [5.41, 5.74) is 1.00. The van der Waals surface area contributed by atoms with E-state index in [1.54, 1.807) is 18.3 Å². The molecule has 5 heteroatoms. The third-order valence-corrected chi connectivity index (χ3v) is 4.29. The van der Waals surface area contributed by atoms with Crippen LogP contribution in [-0.2, 0) is 0 Å². The van der Waals surface area contributed by atoms with Crippen molar-refractivity contribution >= 4 is 23.2 Å². The number of thioether (sulfide) groups is 1. The van der Waals surface area contributed by atoms with Gasteiger partial charge in [0.2, 0.25) is 0 Å². The van der Waals surface area contributed by atoms with Crippen molar-refractivity contribution in [1.82, 2.24) is 9.38 Å². The molecule has 1 aliphatic heterocycles. The van der Waals surface area contributed by atoms with E-state index in [1.807, 2.05) is 22.4 Å². The van der Waals surface area contributed by atoms with Gasteiger partial charge in [-0.25, -0.2) is 9.78 Å². The Morgan fingerprint density at radius 3 is 3.18 bits per heavy atom. The zero-order chi connectivity index (χ0) is 11.8. The van der Waals surface area contributed by atoms with Crippen molar-refractivity contribution in [3.63, 3.8) is 0 Å². The van der Waals surface area contributed by atoms with Crippen molar-refractivity contribution in [3.05, 3.63) is 35.9 Å². The molecular weight excluding hydrogens is 236 g/mol. The number of rotatable bonds is 2. The van der Waals surface area contributed by atoms with Gasteiger partial charge in [0.25, 0.3) is 0 Å². The second-order valence-electron chi connectivity index (χ2n) is 4.16. The largest absolute Gasteiger partial charge is 0.478 e. The molecule has 0 radical (unpaired) electrons. The van der Waals surface area contributed by atoms with E-state index < -0.39 is 5.97 Å². The van der Waals surface area contributed by atoms with Gasteiger partial charge in [-0.05, 0) is 24.3 Å². The molecule has 0 amide bonds. The molecule has 3 heterocycles. The Morgan fingerprint density at radius 2 is 2.47 bits per heavy atom. The summed E-state index contributed by atoms with van der Waals surface area (Å²) >= 11 is 1.93. The monoisotopic (exact) mass is 248 g/mol. The molecule has 2 aromatic rings. The highest BCUT2D eigenvalue weighted by atomic mass is 32.2. The number of pyridine rings is 1. The quantitative estimate of drug-likeness (QED) is 0.885. The highest BCUT2D eigenvalue weighted by Crippen LogP contribution is 2.32. The van der Waals surface area contributed by atoms with E-state index in [0.717, 1.165) is 23.8 Å². The molecule has 0 aliphatic carbocycles. The number of hydrogen-bond acceptors (Lipinski definition) is 3. The number of carboxylic acids is 1. The first-order chi connectivity index (χ1) is 8.27. The van der Waals surface area contributed by atoms with E-state index in [1.165, 1.54) is 0 Å². The Bertz CT molecular complexity index is 573. The van der Waals surface area contributed by atoms with Crippen LogP contribution in [0.3, 0.4) is 0 Å². The summed E-state index contributed by atoms with van der Waals surface area (Å²) in [5, 5.41) is 9.11. The van der Waals surface area contributed by atoms with Crippen LogP contribution in [0.25, 0.3) is 5.52 Å². The van der Waals surface area contributed by atoms with Gasteiger partial charge in [0.05, 0.1) is 17.3 Å². The first-order valence-electron chi connectivity index (χ1n) is 5.54. The molecule has 4 nitrogen and oxygen atoms in total. The molecule has 0 spiro atoms. The SMILES string of the molecule is O=C(O)c1cccn2c(C3CCSC3)ncc12. The Labute approximate surface area is 103 Å². The third-order valence-electron chi connectivity index (χ3n) is 3.12. The lowest BCUT2D eigenvalue weighted by atomic mass is 10.1. The van der Waals surface area contributed by atoms with Gasteiger partial charge in [-0.15, -0.1) is 0 Å². The van der Waals surface area contributed by atoms with Gasteiger partial charge in [-0.1, -0.05) is 0 Å². The van der Waals surface area contributed by atoms with Gasteiger partial charge in [0.15, 0.2) is 0 Å². The van der Waals surface area contributed by atoms with Gasteiger partial charge in [-0.3, -0.25) is 0 Å². The van der Waals surface area contributed by atoms with Crippen LogP contribution in [0.4, 0.5) is 0 Å². The number of carbonyl (C=O) groups is 1. The fourth-order valence-corrected chi connectivity index (χ4v) is 3.48. The van der Waals surface area contributed by atoms with E-state index >= 15 is 0 Å². The molecular formula is C12H12N2O2S. The van der Waals surface area contributed by atoms with E-state index in [-0.39, 0.29) is 0 Å². The standard InChI is InChI=1S/C12H12N2O2S/c15-12(16)9-2-1-4-14-10(9)6-13-11(14)8-3-5-17-7-8/h1-2,4,6,8H,3,5,7H2,(H,15,16). The molecule has 0 saturated carbocycles. The zero-order valence-corrected chi connectivity index (χ0v) is 9.98. The fraction of sp³-hybridized carbons (Fsp3) is 0.333. The Morgan fingerprint density at radius 1 is 1.59 bits per heavy atom. The molecule has 88 valence electrons. The highest BCUT2D eigenvalue weighted by molar-refractivity contribution is 7.99. The van der Waals surface area contributed by atoms with Gasteiger partial charge in [-0.2, -0.15) is 11.8 Å². The highest BCUT2D eigenvalue weighted by Gasteiger charge is 2.22. The van der Waals surface area contributed by atoms with E-state index in [4.69, 9.17) is 5.11 Å². The lowest BCUT2D eigenvalue weighted by molar-refractivity contribution is 0.0698. The van der Waals surface area contributed by atoms with Crippen LogP contribution in [0.2, 0.25) is 0 Å². The van der Waals surface area contributed by atoms with Gasteiger partial charge < -0.3 is 9.51 Å². The van der Waals surface area contributed by atoms with Crippen molar-refractivity contribution in [1.29, 1.82) is 0 Å². The van der Waals surface area contributed by atoms with Crippen molar-refractivity contribution in [2.24, 2.45) is 0 Å². The minimum Gasteiger partial charge on any atom is -0.478 e. The lowest BCUT2D eigenvalue weighted by Crippen LogP contribution is -2.05. The number of aromatic nitrogens is 2. The predicted molar refractivity (Wildman–Crippen MR) is 66.8 cm³/mol. The number of aromatic carboxylic acids is 1. The van der Waals surface area contributed by atoms with Crippen LogP contribution < -0.4 is 0 Å². The molecule has 2 aromatic heterocycles. The molecule has 0 aromatic carbocycles. The molecule has 1 unspecified atom stereocenters. The van der Waals surface area contributed by atoms with E-state index in [2.05, 4.69) is 4.98 Å². The summed E-state index contributed by atoms with van der Waals surface area (Å²) in [5.74, 6) is 2.79. The van der Waals surface area contributed by atoms with Crippen molar-refractivity contribution in [2.45, 2.75) is 12.3 Å². The molecule has 1 atom stereocenters. The fourth-order valence-electron chi connectivity index (χ4n) is 2.26. The summed E-state index contributed by atoms with van der Waals surface area (Å²) in [7, 11) is 0. The maximum Gasteiger partial charge on any atom is 0.337 e. The molecule has 1 N–H and O–H groups in total. The maximum atomic E-state index is 11.1. The number of nitrogens with zero attached hydrogens (tertiary/aromatic N) is 2. The van der Waals surface area contributed by atoms with Crippen LogP contribution in [0, 0.1) is 0 Å². The Kier molecular flexibility index (Phi) is 2.55. The molecule has 17 heavy (non-hydrogen) atoms. The summed E-state index contributed by atoms with van der Waals surface area (Å²) in [4.78, 5) is 15.5. The van der Waals surface area contributed by atoms with Crippen LogP contribution in [-0.4, -0.2) is 32.0 Å². The summed E-state index contributed by atoms with van der Waals surface area (Å²) in [6, 6.07) is 3.39. The number of imidazole rings is 1. The van der Waals surface area contributed by atoms with E-state index in [0.29, 0.717) is 17.0 Å². The Hall–Kier alpha value is -1.49. The number of fused-ring (bicyclic) bond motifs is 1. The van der Waals surface area contributed by atoms with Gasteiger partial charge in [0, 0.05) is 17.9 Å². The lowest BCUT2D eigenvalue weighted by Gasteiger charge is -2.07. The Balaban J connectivity index is 2.15. The van der Waals surface area contributed by atoms with Crippen molar-refractivity contribution in [3.8, 4) is 0 Å². The minimum absolute atomic E-state index is 0.317. The van der Waals surface area contributed by atoms with Crippen LogP contribution in [0.5, 0.6) is 0 Å². The predicted octanol–water partition coefficient (Wildman–Crippen LogP) is 2.25. The number of hydrogen-bond donors (Lipinski definition) is 1. The summed E-state index contributed by atoms with van der Waals surface area (Å²) < 4.78 is 1.92. The number of carboxylic acid groups (broad SMARTS) is 1. The van der Waals surface area contributed by atoms with Crippen LogP contribution in [0.15, 0.2) is 24.5 Å². The molecule has 3 rings (SSSR count). The first kappa shape index (κ1) is 10.7. The van der Waals surface area contributed by atoms with Crippen LogP contribution in [0.1, 0.15) is 28.5 Å². The average molecular weight is 248 g/mol. The molecule has 1 aliphatic rings. The van der Waals surface area contributed by atoms with Crippen molar-refractivity contribution in [2.75, 3.05) is 11.5 Å². The minimum atomic E-state index is -0.900. The molecule has 0 bridgehead atoms.